The molecule has 3 heterocycles. The first-order valence-electron chi connectivity index (χ1n) is 21.4. The van der Waals surface area contributed by atoms with E-state index < -0.39 is 55.6 Å². The molecule has 340 valence electrons. The van der Waals surface area contributed by atoms with Gasteiger partial charge in [0.2, 0.25) is 5.60 Å². The Morgan fingerprint density at radius 2 is 1.45 bits per heavy atom. The lowest BCUT2D eigenvalue weighted by atomic mass is 9.79. The van der Waals surface area contributed by atoms with Gasteiger partial charge in [-0.3, -0.25) is 14.2 Å². The number of benzene rings is 4. The molecule has 0 saturated carbocycles. The van der Waals surface area contributed by atoms with Gasteiger partial charge in [0, 0.05) is 36.5 Å². The van der Waals surface area contributed by atoms with E-state index in [4.69, 9.17) is 28.0 Å². The van der Waals surface area contributed by atoms with Gasteiger partial charge in [0.05, 0.1) is 39.9 Å². The molecule has 0 aliphatic carbocycles. The lowest BCUT2D eigenvalue weighted by Crippen LogP contribution is -2.54. The summed E-state index contributed by atoms with van der Waals surface area (Å²) in [7, 11) is 2.91. The molecule has 16 heteroatoms. The van der Waals surface area contributed by atoms with Crippen LogP contribution in [0.1, 0.15) is 73.0 Å². The molecule has 2 amide bonds. The van der Waals surface area contributed by atoms with Crippen molar-refractivity contribution in [2.45, 2.75) is 82.7 Å². The Labute approximate surface area is 380 Å². The minimum absolute atomic E-state index is 0.0661. The second-order valence-electron chi connectivity index (χ2n) is 16.5. The van der Waals surface area contributed by atoms with Gasteiger partial charge in [-0.15, -0.1) is 0 Å². The maximum Gasteiger partial charge on any atom is 0.351 e. The van der Waals surface area contributed by atoms with Crippen molar-refractivity contribution in [3.05, 3.63) is 154 Å². The van der Waals surface area contributed by atoms with Crippen LogP contribution in [0.25, 0.3) is 0 Å². The summed E-state index contributed by atoms with van der Waals surface area (Å²) in [6.45, 7) is 9.53. The predicted octanol–water partition coefficient (Wildman–Crippen LogP) is 7.60. The molecule has 2 saturated heterocycles. The number of rotatable bonds is 19. The number of amides is 2. The molecule has 1 unspecified atom stereocenters. The van der Waals surface area contributed by atoms with E-state index in [2.05, 4.69) is 21.0 Å². The zero-order valence-corrected chi connectivity index (χ0v) is 38.7. The van der Waals surface area contributed by atoms with Crippen LogP contribution in [0, 0.1) is 18.3 Å². The van der Waals surface area contributed by atoms with Crippen molar-refractivity contribution >= 4 is 26.2 Å². The van der Waals surface area contributed by atoms with E-state index in [-0.39, 0.29) is 37.5 Å². The number of likely N-dealkylation sites (N-methyl/N-ethyl adjacent to an activating group) is 1. The lowest BCUT2D eigenvalue weighted by Gasteiger charge is -2.41. The Kier molecular flexibility index (Phi) is 14.5. The van der Waals surface area contributed by atoms with E-state index in [0.29, 0.717) is 22.6 Å². The molecular weight excluding hydrogens is 848 g/mol. The van der Waals surface area contributed by atoms with Gasteiger partial charge in [-0.1, -0.05) is 72.8 Å². The van der Waals surface area contributed by atoms with Crippen molar-refractivity contribution < 1.29 is 37.6 Å². The zero-order valence-electron chi connectivity index (χ0n) is 37.8. The first-order chi connectivity index (χ1) is 31.3. The Morgan fingerprint density at radius 3 is 1.98 bits per heavy atom. The molecule has 5 atom stereocenters. The normalized spacial score (nSPS) is 19.8. The van der Waals surface area contributed by atoms with Crippen molar-refractivity contribution in [1.29, 1.82) is 5.26 Å². The molecule has 1 N–H and O–H groups in total. The summed E-state index contributed by atoms with van der Waals surface area (Å²) in [6.07, 6.45) is -0.527. The number of morpholine rings is 1. The fourth-order valence-electron chi connectivity index (χ4n) is 8.65. The SMILES string of the molecule is COc1ccc(C(OC[C@@]23O[C@@H](n4cc(C)c(NC(=O)c5ccccc5)nc4=O)[C@@H]([C@@H]2OP(OCCC#N)N(C(C)C)C(C)C)N(C)C3=O)(c2ccccc2)c2ccc(OC)cc2)cc1. The van der Waals surface area contributed by atoms with Crippen molar-refractivity contribution in [2.24, 2.45) is 0 Å². The number of anilines is 1. The molecule has 7 rings (SSSR count). The van der Waals surface area contributed by atoms with Crippen LogP contribution in [0.15, 0.2) is 120 Å². The Morgan fingerprint density at radius 1 is 0.892 bits per heavy atom. The lowest BCUT2D eigenvalue weighted by molar-refractivity contribution is -0.192. The largest absolute Gasteiger partial charge is 0.497 e. The number of fused-ring (bicyclic) bond motifs is 2. The first kappa shape index (κ1) is 47.0. The minimum atomic E-state index is -1.94. The summed E-state index contributed by atoms with van der Waals surface area (Å²) in [5.41, 5.74) is -0.858. The maximum atomic E-state index is 15.1. The van der Waals surface area contributed by atoms with Gasteiger partial charge in [0.1, 0.15) is 35.1 Å². The molecule has 15 nitrogen and oxygen atoms in total. The third kappa shape index (κ3) is 9.16. The Balaban J connectivity index is 1.38. The smallest absolute Gasteiger partial charge is 0.351 e. The number of hydrogen-bond donors (Lipinski definition) is 1. The Bertz CT molecular complexity index is 2480. The summed E-state index contributed by atoms with van der Waals surface area (Å²) < 4.78 is 42.5. The highest BCUT2D eigenvalue weighted by molar-refractivity contribution is 7.44. The highest BCUT2D eigenvalue weighted by Gasteiger charge is 2.71. The van der Waals surface area contributed by atoms with E-state index in [1.165, 1.54) is 9.47 Å². The molecule has 2 aliphatic rings. The number of aryl methyl sites for hydroxylation is 1. The van der Waals surface area contributed by atoms with Gasteiger partial charge in [0.25, 0.3) is 20.3 Å². The van der Waals surface area contributed by atoms with Crippen LogP contribution in [0.4, 0.5) is 5.82 Å². The Hall–Kier alpha value is -5.98. The van der Waals surface area contributed by atoms with Crippen LogP contribution in [0.2, 0.25) is 0 Å². The summed E-state index contributed by atoms with van der Waals surface area (Å²) in [6, 6.07) is 34.5. The quantitative estimate of drug-likeness (QED) is 0.0491. The van der Waals surface area contributed by atoms with Gasteiger partial charge in [-0.25, -0.2) is 9.46 Å². The molecular formula is C49H55N6O9P. The minimum Gasteiger partial charge on any atom is -0.497 e. The van der Waals surface area contributed by atoms with Gasteiger partial charge < -0.3 is 38.2 Å². The van der Waals surface area contributed by atoms with Crippen LogP contribution >= 0.6 is 8.53 Å². The van der Waals surface area contributed by atoms with E-state index in [0.717, 1.165) is 16.7 Å². The predicted molar refractivity (Wildman–Crippen MR) is 245 cm³/mol. The molecule has 0 spiro atoms. The number of aromatic nitrogens is 2. The fourth-order valence-corrected chi connectivity index (χ4v) is 10.4. The van der Waals surface area contributed by atoms with E-state index in [1.54, 1.807) is 64.7 Å². The van der Waals surface area contributed by atoms with Gasteiger partial charge in [0.15, 0.2) is 6.23 Å². The van der Waals surface area contributed by atoms with Crippen LogP contribution in [-0.2, 0) is 28.9 Å². The van der Waals surface area contributed by atoms with Crippen LogP contribution in [0.3, 0.4) is 0 Å². The number of carbonyl (C=O) groups is 2. The zero-order chi connectivity index (χ0) is 46.5. The second kappa shape index (κ2) is 20.0. The van der Waals surface area contributed by atoms with Crippen molar-refractivity contribution in [3.63, 3.8) is 0 Å². The third-order valence-electron chi connectivity index (χ3n) is 11.7. The fraction of sp³-hybridized carbons (Fsp3) is 0.367. The standard InChI is InChI=1S/C49H55N6O9P/c1-32(2)55(33(3)4)65(62-29-15-28-50)64-42-41-45(54-30-34(5)43(52-47(54)58)51-44(56)35-16-11-9-12-17-35)63-48(42,46(57)53(41)6)31-61-49(36-18-13-10-14-19-36,37-20-24-39(59-7)25-21-37)38-22-26-40(60-8)27-23-38/h9-14,16-27,30,32-33,41-42,45H,15,29,31H2,1-8H3,(H,51,52,56,58)/t41-,42+,45-,48-,65?/m1/s1. The monoisotopic (exact) mass is 902 g/mol. The summed E-state index contributed by atoms with van der Waals surface area (Å²) in [4.78, 5) is 48.3. The van der Waals surface area contributed by atoms with Crippen LogP contribution in [0.5, 0.6) is 11.5 Å². The summed E-state index contributed by atoms with van der Waals surface area (Å²) in [5.74, 6) is 0.514. The highest BCUT2D eigenvalue weighted by atomic mass is 31.2. The number of methoxy groups -OCH3 is 2. The first-order valence-corrected chi connectivity index (χ1v) is 22.6. The number of hydrogen-bond acceptors (Lipinski definition) is 12. The van der Waals surface area contributed by atoms with Gasteiger partial charge in [-0.2, -0.15) is 10.2 Å². The van der Waals surface area contributed by atoms with E-state index in [1.807, 2.05) is 107 Å². The number of likely N-dealkylation sites (tertiary alicyclic amines) is 1. The van der Waals surface area contributed by atoms with Crippen molar-refractivity contribution in [2.75, 3.05) is 39.8 Å². The number of nitrogens with one attached hydrogen (secondary N) is 1. The van der Waals surface area contributed by atoms with E-state index in [9.17, 15) is 14.9 Å². The molecule has 2 fully saturated rings. The molecule has 4 aromatic carbocycles. The average Bonchev–Trinajstić information content (AvgIpc) is 3.73. The summed E-state index contributed by atoms with van der Waals surface area (Å²) >= 11 is 0. The van der Waals surface area contributed by atoms with E-state index >= 15 is 4.79 Å². The molecule has 0 radical (unpaired) electrons. The topological polar surface area (TPSA) is 167 Å². The number of ether oxygens (including phenoxy) is 4. The number of nitriles is 1. The van der Waals surface area contributed by atoms with Crippen molar-refractivity contribution in [1.82, 2.24) is 19.1 Å². The van der Waals surface area contributed by atoms with Gasteiger partial charge >= 0.3 is 5.69 Å². The number of nitrogens with zero attached hydrogens (tertiary/aromatic N) is 5. The highest BCUT2D eigenvalue weighted by Crippen LogP contribution is 2.57. The van der Waals surface area contributed by atoms with Crippen LogP contribution in [-0.4, -0.2) is 95.2 Å². The van der Waals surface area contributed by atoms with Crippen LogP contribution < -0.4 is 20.5 Å². The molecule has 1 aromatic heterocycles. The third-order valence-corrected chi connectivity index (χ3v) is 13.9. The molecule has 65 heavy (non-hydrogen) atoms. The van der Waals surface area contributed by atoms with Crippen molar-refractivity contribution in [3.8, 4) is 17.6 Å². The molecule has 2 aliphatic heterocycles. The molecule has 2 bridgehead atoms. The second-order valence-corrected chi connectivity index (χ2v) is 17.9. The molecule has 5 aromatic rings. The number of carbonyl (C=O) groups excluding carboxylic acids is 2. The summed E-state index contributed by atoms with van der Waals surface area (Å²) in [5, 5.41) is 12.3. The van der Waals surface area contributed by atoms with Gasteiger partial charge in [-0.05, 0) is 87.7 Å². The average molecular weight is 903 g/mol. The maximum absolute atomic E-state index is 15.1.